The Morgan fingerprint density at radius 1 is 1.38 bits per heavy atom. The summed E-state index contributed by atoms with van der Waals surface area (Å²) in [5, 5.41) is 0. The molecular formula is C14H18N2O4S. The van der Waals surface area contributed by atoms with Crippen molar-refractivity contribution in [1.29, 1.82) is 0 Å². The molecule has 0 saturated carbocycles. The van der Waals surface area contributed by atoms with E-state index in [2.05, 4.69) is 9.71 Å². The quantitative estimate of drug-likeness (QED) is 0.821. The Bertz CT molecular complexity index is 636. The molecule has 0 spiro atoms. The zero-order valence-corrected chi connectivity index (χ0v) is 12.4. The van der Waals surface area contributed by atoms with Crippen LogP contribution >= 0.6 is 0 Å². The molecule has 3 rings (SSSR count). The van der Waals surface area contributed by atoms with Crippen LogP contribution < -0.4 is 4.72 Å². The summed E-state index contributed by atoms with van der Waals surface area (Å²) in [5.41, 5.74) is 0.622. The highest BCUT2D eigenvalue weighted by Crippen LogP contribution is 2.22. The number of nitrogens with one attached hydrogen (secondary N) is 1. The number of hydrogen-bond acceptors (Lipinski definition) is 5. The highest BCUT2D eigenvalue weighted by atomic mass is 32.2. The minimum atomic E-state index is -3.45. The highest BCUT2D eigenvalue weighted by molar-refractivity contribution is 7.90. The van der Waals surface area contributed by atoms with Crippen LogP contribution in [0, 0.1) is 0 Å². The zero-order chi connectivity index (χ0) is 14.7. The molecule has 1 fully saturated rings. The first-order chi connectivity index (χ1) is 10.2. The Morgan fingerprint density at radius 2 is 2.24 bits per heavy atom. The first-order valence-electron chi connectivity index (χ1n) is 7.03. The Labute approximate surface area is 124 Å². The van der Waals surface area contributed by atoms with Crippen LogP contribution in [0.5, 0.6) is 0 Å². The number of amidine groups is 1. The van der Waals surface area contributed by atoms with Crippen LogP contribution in [-0.2, 0) is 19.5 Å². The molecule has 2 aliphatic rings. The van der Waals surface area contributed by atoms with Crippen LogP contribution in [0.4, 0.5) is 0 Å². The summed E-state index contributed by atoms with van der Waals surface area (Å²) in [6, 6.07) is 6.82. The van der Waals surface area contributed by atoms with Gasteiger partial charge in [0, 0.05) is 12.2 Å². The van der Waals surface area contributed by atoms with Crippen LogP contribution in [0.1, 0.15) is 18.4 Å². The molecule has 7 heteroatoms. The van der Waals surface area contributed by atoms with Gasteiger partial charge in [-0.15, -0.1) is 0 Å². The number of sulfonamides is 1. The van der Waals surface area contributed by atoms with E-state index >= 15 is 0 Å². The summed E-state index contributed by atoms with van der Waals surface area (Å²) in [5.74, 6) is 0.395. The van der Waals surface area contributed by atoms with Gasteiger partial charge in [0.1, 0.15) is 5.84 Å². The number of benzene rings is 1. The van der Waals surface area contributed by atoms with Gasteiger partial charge in [-0.05, 0) is 25.0 Å². The Morgan fingerprint density at radius 3 is 3.05 bits per heavy atom. The second kappa shape index (κ2) is 6.13. The third-order valence-corrected chi connectivity index (χ3v) is 4.89. The van der Waals surface area contributed by atoms with E-state index in [1.54, 1.807) is 24.3 Å². The predicted octanol–water partition coefficient (Wildman–Crippen LogP) is 0.921. The molecule has 6 nitrogen and oxygen atoms in total. The zero-order valence-electron chi connectivity index (χ0n) is 11.6. The van der Waals surface area contributed by atoms with Gasteiger partial charge in [0.05, 0.1) is 30.8 Å². The lowest BCUT2D eigenvalue weighted by Gasteiger charge is -2.08. The average Bonchev–Trinajstić information content (AvgIpc) is 3.06. The van der Waals surface area contributed by atoms with E-state index in [1.165, 1.54) is 0 Å². The predicted molar refractivity (Wildman–Crippen MR) is 78.0 cm³/mol. The average molecular weight is 310 g/mol. The van der Waals surface area contributed by atoms with Crippen molar-refractivity contribution >= 4 is 15.9 Å². The molecule has 1 unspecified atom stereocenters. The number of rotatable bonds is 5. The van der Waals surface area contributed by atoms with Crippen molar-refractivity contribution in [1.82, 2.24) is 4.72 Å². The third-order valence-electron chi connectivity index (χ3n) is 3.50. The van der Waals surface area contributed by atoms with Gasteiger partial charge in [-0.3, -0.25) is 9.71 Å². The molecule has 0 radical (unpaired) electrons. The van der Waals surface area contributed by atoms with Gasteiger partial charge in [-0.2, -0.15) is 0 Å². The maximum absolute atomic E-state index is 11.9. The van der Waals surface area contributed by atoms with Gasteiger partial charge in [-0.1, -0.05) is 12.1 Å². The smallest absolute Gasteiger partial charge is 0.263 e. The first-order valence-corrected chi connectivity index (χ1v) is 8.51. The van der Waals surface area contributed by atoms with Crippen molar-refractivity contribution in [3.8, 4) is 0 Å². The lowest BCUT2D eigenvalue weighted by atomic mass is 10.2. The minimum Gasteiger partial charge on any atom is -0.377 e. The minimum absolute atomic E-state index is 0.198. The van der Waals surface area contributed by atoms with Crippen LogP contribution in [0.3, 0.4) is 0 Å². The third kappa shape index (κ3) is 3.25. The molecule has 1 atom stereocenters. The van der Waals surface area contributed by atoms with E-state index in [4.69, 9.17) is 9.47 Å². The van der Waals surface area contributed by atoms with E-state index in [1.807, 2.05) is 0 Å². The van der Waals surface area contributed by atoms with Crippen molar-refractivity contribution in [2.45, 2.75) is 23.8 Å². The van der Waals surface area contributed by atoms with Crippen LogP contribution in [0.15, 0.2) is 34.2 Å². The number of fused-ring (bicyclic) bond motifs is 1. The maximum atomic E-state index is 11.9. The molecule has 2 aliphatic heterocycles. The van der Waals surface area contributed by atoms with Crippen LogP contribution in [-0.4, -0.2) is 46.7 Å². The monoisotopic (exact) mass is 310 g/mol. The van der Waals surface area contributed by atoms with Gasteiger partial charge in [0.25, 0.3) is 10.0 Å². The van der Waals surface area contributed by atoms with Crippen molar-refractivity contribution in [2.24, 2.45) is 4.99 Å². The van der Waals surface area contributed by atoms with Gasteiger partial charge < -0.3 is 9.47 Å². The van der Waals surface area contributed by atoms with Crippen LogP contribution in [0.25, 0.3) is 0 Å². The first kappa shape index (κ1) is 14.5. The summed E-state index contributed by atoms with van der Waals surface area (Å²) < 4.78 is 37.2. The number of hydrogen-bond donors (Lipinski definition) is 1. The van der Waals surface area contributed by atoms with Gasteiger partial charge >= 0.3 is 0 Å². The van der Waals surface area contributed by atoms with Crippen molar-refractivity contribution in [3.05, 3.63) is 29.8 Å². The fourth-order valence-electron chi connectivity index (χ4n) is 2.46. The van der Waals surface area contributed by atoms with E-state index in [9.17, 15) is 8.42 Å². The largest absolute Gasteiger partial charge is 0.377 e. The molecule has 1 saturated heterocycles. The standard InChI is InChI=1S/C14H18N2O4S/c17-21(18)13-6-2-1-5-12(13)14(16-21)15-7-9-19-10-11-4-3-8-20-11/h1-2,5-6,11H,3-4,7-10H2,(H,15,16). The lowest BCUT2D eigenvalue weighted by Crippen LogP contribution is -2.23. The van der Waals surface area contributed by atoms with E-state index in [-0.39, 0.29) is 11.0 Å². The second-order valence-electron chi connectivity index (χ2n) is 5.04. The highest BCUT2D eigenvalue weighted by Gasteiger charge is 2.29. The molecule has 2 heterocycles. The van der Waals surface area contributed by atoms with Crippen molar-refractivity contribution in [3.63, 3.8) is 0 Å². The van der Waals surface area contributed by atoms with Crippen LogP contribution in [0.2, 0.25) is 0 Å². The summed E-state index contributed by atoms with van der Waals surface area (Å²) >= 11 is 0. The maximum Gasteiger partial charge on any atom is 0.263 e. The van der Waals surface area contributed by atoms with E-state index in [0.717, 1.165) is 19.4 Å². The number of aliphatic imine (C=N–C) groups is 1. The molecule has 1 aromatic rings. The van der Waals surface area contributed by atoms with Crippen molar-refractivity contribution < 1.29 is 17.9 Å². The van der Waals surface area contributed by atoms with Crippen molar-refractivity contribution in [2.75, 3.05) is 26.4 Å². The fourth-order valence-corrected chi connectivity index (χ4v) is 3.71. The summed E-state index contributed by atoms with van der Waals surface area (Å²) in [6.45, 7) is 2.26. The Hall–Kier alpha value is -1.44. The Balaban J connectivity index is 1.55. The molecular weight excluding hydrogens is 292 g/mol. The normalized spacial score (nSPS) is 25.0. The van der Waals surface area contributed by atoms with E-state index < -0.39 is 10.0 Å². The van der Waals surface area contributed by atoms with Gasteiger partial charge in [0.2, 0.25) is 0 Å². The summed E-state index contributed by atoms with van der Waals surface area (Å²) in [6.07, 6.45) is 2.33. The molecule has 0 amide bonds. The molecule has 0 bridgehead atoms. The van der Waals surface area contributed by atoms with Gasteiger partial charge in [0.15, 0.2) is 0 Å². The number of nitrogens with zero attached hydrogens (tertiary/aromatic N) is 1. The molecule has 0 aromatic heterocycles. The molecule has 21 heavy (non-hydrogen) atoms. The SMILES string of the molecule is O=S1(=O)NC(=NCCOCC2CCCO2)c2ccccc21. The lowest BCUT2D eigenvalue weighted by molar-refractivity contribution is 0.0200. The molecule has 0 aliphatic carbocycles. The van der Waals surface area contributed by atoms with E-state index in [0.29, 0.717) is 31.2 Å². The second-order valence-corrected chi connectivity index (χ2v) is 6.69. The summed E-state index contributed by atoms with van der Waals surface area (Å²) in [4.78, 5) is 4.57. The van der Waals surface area contributed by atoms with Gasteiger partial charge in [-0.25, -0.2) is 8.42 Å². The summed E-state index contributed by atoms with van der Waals surface area (Å²) in [7, 11) is -3.45. The molecule has 1 N–H and O–H groups in total. The Kier molecular flexibility index (Phi) is 4.23. The topological polar surface area (TPSA) is 77.0 Å². The number of ether oxygens (including phenoxy) is 2. The molecule has 114 valence electrons. The molecule has 1 aromatic carbocycles. The fraction of sp³-hybridized carbons (Fsp3) is 0.500.